The van der Waals surface area contributed by atoms with Crippen molar-refractivity contribution in [2.45, 2.75) is 42.8 Å². The fourth-order valence-corrected chi connectivity index (χ4v) is 6.90. The second-order valence-corrected chi connectivity index (χ2v) is 12.0. The first-order valence-electron chi connectivity index (χ1n) is 12.9. The van der Waals surface area contributed by atoms with Crippen molar-refractivity contribution in [2.75, 3.05) is 0 Å². The highest BCUT2D eigenvalue weighted by Crippen LogP contribution is 2.31. The van der Waals surface area contributed by atoms with Gasteiger partial charge in [-0.1, -0.05) is 0 Å². The smallest absolute Gasteiger partial charge is 0.288 e. The van der Waals surface area contributed by atoms with Crippen molar-refractivity contribution in [3.8, 4) is 22.3 Å². The van der Waals surface area contributed by atoms with Crippen LogP contribution in [0.1, 0.15) is 31.7 Å². The van der Waals surface area contributed by atoms with Crippen LogP contribution in [0.25, 0.3) is 38.9 Å². The van der Waals surface area contributed by atoms with E-state index in [-0.39, 0.29) is 5.03 Å². The Morgan fingerprint density at radius 3 is 2.42 bits per heavy atom. The van der Waals surface area contributed by atoms with Crippen LogP contribution in [0.3, 0.4) is 0 Å². The van der Waals surface area contributed by atoms with Gasteiger partial charge in [0.15, 0.2) is 5.03 Å². The van der Waals surface area contributed by atoms with E-state index in [1.165, 1.54) is 12.4 Å². The number of hydrogen-bond acceptors (Lipinski definition) is 8. The van der Waals surface area contributed by atoms with Gasteiger partial charge < -0.3 is 0 Å². The van der Waals surface area contributed by atoms with Crippen LogP contribution in [-0.2, 0) is 17.1 Å². The highest BCUT2D eigenvalue weighted by molar-refractivity contribution is 7.90. The van der Waals surface area contributed by atoms with Crippen LogP contribution >= 0.6 is 11.8 Å². The van der Waals surface area contributed by atoms with Crippen LogP contribution < -0.4 is 4.84 Å². The molecule has 0 saturated heterocycles. The molecule has 0 bridgehead atoms. The molecule has 204 valence electrons. The summed E-state index contributed by atoms with van der Waals surface area (Å²) in [4.78, 5) is 11.6. The molecular formula is C26H25ClN10O2S. The van der Waals surface area contributed by atoms with Gasteiger partial charge in [0.1, 0.15) is 16.7 Å². The van der Waals surface area contributed by atoms with Gasteiger partial charge in [-0.25, -0.2) is 9.82 Å². The molecular weight excluding hydrogens is 552 g/mol. The molecule has 0 atom stereocenters. The van der Waals surface area contributed by atoms with E-state index < -0.39 is 10.0 Å². The van der Waals surface area contributed by atoms with Crippen molar-refractivity contribution < 1.29 is 8.42 Å². The summed E-state index contributed by atoms with van der Waals surface area (Å²) in [5.74, 6) is 0. The van der Waals surface area contributed by atoms with E-state index in [1.807, 2.05) is 36.4 Å². The topological polar surface area (TPSA) is 130 Å². The molecule has 14 heteroatoms. The molecule has 1 aliphatic carbocycles. The number of pyridine rings is 2. The maximum absolute atomic E-state index is 13.9. The van der Waals surface area contributed by atoms with Crippen molar-refractivity contribution in [1.29, 1.82) is 0 Å². The number of hydrogen-bond donors (Lipinski definition) is 1. The van der Waals surface area contributed by atoms with Gasteiger partial charge in [0.05, 0.1) is 30.8 Å². The van der Waals surface area contributed by atoms with Crippen LogP contribution in [0.4, 0.5) is 0 Å². The fraction of sp³-hybridized carbons (Fsp3) is 0.269. The van der Waals surface area contributed by atoms with E-state index in [2.05, 4.69) is 30.1 Å². The zero-order valence-corrected chi connectivity index (χ0v) is 23.0. The van der Waals surface area contributed by atoms with Crippen molar-refractivity contribution >= 4 is 38.5 Å². The van der Waals surface area contributed by atoms with Crippen molar-refractivity contribution in [3.63, 3.8) is 0 Å². The van der Waals surface area contributed by atoms with Gasteiger partial charge in [0, 0.05) is 60.1 Å². The molecule has 0 aliphatic heterocycles. The molecule has 1 fully saturated rings. The number of imidazole rings is 1. The molecule has 0 radical (unpaired) electrons. The maximum Gasteiger partial charge on any atom is 0.301 e. The standard InChI is InChI=1S/C26H25ClN10O2S/c1-34-14-19(10-30-34)18-8-24-23(28-9-18)12-32-37(24)40(38,39)26-13-29-25-7-2-17(15-35(25)26)20-11-31-36(16-20)22-5-3-21(33-27)4-6-22/h2,7-16,21-22,33H,3-6H2,1H3. The van der Waals surface area contributed by atoms with E-state index in [0.717, 1.165) is 52.0 Å². The summed E-state index contributed by atoms with van der Waals surface area (Å²) < 4.78 is 34.1. The molecule has 6 heterocycles. The average Bonchev–Trinajstić information content (AvgIpc) is 3.78. The van der Waals surface area contributed by atoms with Crippen molar-refractivity contribution in [3.05, 3.63) is 67.8 Å². The third kappa shape index (κ3) is 4.17. The Morgan fingerprint density at radius 1 is 0.850 bits per heavy atom. The van der Waals surface area contributed by atoms with E-state index in [4.69, 9.17) is 11.8 Å². The Morgan fingerprint density at radius 2 is 1.65 bits per heavy atom. The highest BCUT2D eigenvalue weighted by Gasteiger charge is 2.26. The first-order chi connectivity index (χ1) is 19.4. The lowest BCUT2D eigenvalue weighted by atomic mass is 9.92. The lowest BCUT2D eigenvalue weighted by Crippen LogP contribution is -2.28. The Bertz CT molecular complexity index is 1960. The zero-order valence-electron chi connectivity index (χ0n) is 21.5. The van der Waals surface area contributed by atoms with Gasteiger partial charge in [-0.05, 0) is 55.7 Å². The number of fused-ring (bicyclic) bond motifs is 2. The van der Waals surface area contributed by atoms with Crippen LogP contribution in [0.15, 0.2) is 72.8 Å². The highest BCUT2D eigenvalue weighted by atomic mass is 35.5. The molecule has 7 rings (SSSR count). The Balaban J connectivity index is 1.24. The number of rotatable bonds is 6. The minimum Gasteiger partial charge on any atom is -0.288 e. The quantitative estimate of drug-likeness (QED) is 0.296. The normalized spacial score (nSPS) is 18.1. The monoisotopic (exact) mass is 576 g/mol. The molecule has 12 nitrogen and oxygen atoms in total. The van der Waals surface area contributed by atoms with Crippen molar-refractivity contribution in [2.24, 2.45) is 7.05 Å². The summed E-state index contributed by atoms with van der Waals surface area (Å²) in [7, 11) is -2.29. The number of aryl methyl sites for hydroxylation is 1. The van der Waals surface area contributed by atoms with Gasteiger partial charge in [-0.15, -0.1) is 0 Å². The van der Waals surface area contributed by atoms with Crippen LogP contribution in [0.5, 0.6) is 0 Å². The van der Waals surface area contributed by atoms with Gasteiger partial charge in [-0.3, -0.25) is 18.7 Å². The van der Waals surface area contributed by atoms with Crippen LogP contribution in [0.2, 0.25) is 0 Å². The van der Waals surface area contributed by atoms with Crippen molar-refractivity contribution in [1.82, 2.24) is 48.0 Å². The molecule has 1 saturated carbocycles. The second-order valence-electron chi connectivity index (χ2n) is 10.1. The minimum absolute atomic E-state index is 0.000388. The summed E-state index contributed by atoms with van der Waals surface area (Å²) >= 11 is 5.80. The summed E-state index contributed by atoms with van der Waals surface area (Å²) in [5, 5.41) is 13.0. The fourth-order valence-electron chi connectivity index (χ4n) is 5.35. The van der Waals surface area contributed by atoms with Crippen LogP contribution in [-0.4, -0.2) is 57.6 Å². The predicted molar refractivity (Wildman–Crippen MR) is 149 cm³/mol. The van der Waals surface area contributed by atoms with Gasteiger partial charge in [0.25, 0.3) is 0 Å². The van der Waals surface area contributed by atoms with Gasteiger partial charge >= 0.3 is 10.0 Å². The number of nitrogens with zero attached hydrogens (tertiary/aromatic N) is 9. The summed E-state index contributed by atoms with van der Waals surface area (Å²) in [6.07, 6.45) is 17.6. The van der Waals surface area contributed by atoms with Gasteiger partial charge in [0.2, 0.25) is 0 Å². The van der Waals surface area contributed by atoms with E-state index >= 15 is 0 Å². The summed E-state index contributed by atoms with van der Waals surface area (Å²) in [5.41, 5.74) is 4.63. The predicted octanol–water partition coefficient (Wildman–Crippen LogP) is 3.81. The SMILES string of the molecule is Cn1cc(-c2cnc3cnn(S(=O)(=O)c4cnc5ccc(-c6cnn(C7CCC(NCl)CC7)c6)cn45)c3c2)cn1. The third-order valence-corrected chi connectivity index (χ3v) is 9.44. The Hall–Kier alpha value is -4.07. The van der Waals surface area contributed by atoms with E-state index in [1.54, 1.807) is 39.8 Å². The van der Waals surface area contributed by atoms with Gasteiger partial charge in [-0.2, -0.15) is 27.8 Å². The minimum atomic E-state index is -4.11. The summed E-state index contributed by atoms with van der Waals surface area (Å²) in [6.45, 7) is 0. The van der Waals surface area contributed by atoms with Crippen LogP contribution in [0, 0.1) is 0 Å². The molecule has 6 aromatic heterocycles. The summed E-state index contributed by atoms with van der Waals surface area (Å²) in [6, 6.07) is 6.11. The molecule has 1 N–H and O–H groups in total. The molecule has 0 amide bonds. The Kier molecular flexibility index (Phi) is 5.95. The average molecular weight is 577 g/mol. The molecule has 0 aromatic carbocycles. The zero-order chi connectivity index (χ0) is 27.4. The van der Waals surface area contributed by atoms with E-state index in [9.17, 15) is 8.42 Å². The molecule has 0 spiro atoms. The molecule has 40 heavy (non-hydrogen) atoms. The first-order valence-corrected chi connectivity index (χ1v) is 14.7. The molecule has 0 unspecified atom stereocenters. The number of halogens is 1. The number of aromatic nitrogens is 9. The third-order valence-electron chi connectivity index (χ3n) is 7.55. The van der Waals surface area contributed by atoms with E-state index in [0.29, 0.717) is 28.8 Å². The first kappa shape index (κ1) is 24.9. The maximum atomic E-state index is 13.9. The largest absolute Gasteiger partial charge is 0.301 e. The lowest BCUT2D eigenvalue weighted by Gasteiger charge is -2.27. The lowest BCUT2D eigenvalue weighted by molar-refractivity contribution is 0.295. The number of nitrogens with one attached hydrogen (secondary N) is 1. The Labute approximate surface area is 234 Å². The second kappa shape index (κ2) is 9.54. The molecule has 6 aromatic rings. The molecule has 1 aliphatic rings.